The van der Waals surface area contributed by atoms with E-state index in [4.69, 9.17) is 5.11 Å². The van der Waals surface area contributed by atoms with Crippen molar-refractivity contribution in [2.75, 3.05) is 7.11 Å². The molecule has 2 N–H and O–H groups in total. The van der Waals surface area contributed by atoms with Gasteiger partial charge in [0.25, 0.3) is 0 Å². The third-order valence-corrected chi connectivity index (χ3v) is 4.45. The monoisotopic (exact) mass is 318 g/mol. The fraction of sp³-hybridized carbons (Fsp3) is 0.500. The molecule has 0 unspecified atom stereocenters. The highest BCUT2D eigenvalue weighted by Gasteiger charge is 2.35. The molecule has 0 aliphatic carbocycles. The summed E-state index contributed by atoms with van der Waals surface area (Å²) >= 11 is 0. The van der Waals surface area contributed by atoms with Crippen LogP contribution < -0.4 is 4.72 Å². The molecule has 0 fully saturated rings. The van der Waals surface area contributed by atoms with Crippen LogP contribution in [0.1, 0.15) is 31.3 Å². The number of carbonyl (C=O) groups excluding carboxylic acids is 1. The van der Waals surface area contributed by atoms with E-state index < -0.39 is 27.5 Å². The van der Waals surface area contributed by atoms with Crippen LogP contribution in [-0.2, 0) is 26.1 Å². The Balaban J connectivity index is 3.20. The summed E-state index contributed by atoms with van der Waals surface area (Å²) in [6.07, 6.45) is 1.21. The lowest BCUT2D eigenvalue weighted by molar-refractivity contribution is -0.146. The molecule has 0 radical (unpaired) electrons. The first kappa shape index (κ1) is 17.2. The molecule has 0 aliphatic heterocycles. The number of esters is 1. The molecule has 8 nitrogen and oxygen atoms in total. The van der Waals surface area contributed by atoms with E-state index in [1.165, 1.54) is 24.6 Å². The van der Waals surface area contributed by atoms with E-state index in [0.717, 1.165) is 13.2 Å². The Bertz CT molecular complexity index is 659. The van der Waals surface area contributed by atoms with Crippen LogP contribution in [0.3, 0.4) is 0 Å². The molecule has 0 saturated heterocycles. The van der Waals surface area contributed by atoms with Gasteiger partial charge in [-0.2, -0.15) is 4.72 Å². The number of rotatable bonds is 6. The minimum absolute atomic E-state index is 0.145. The van der Waals surface area contributed by atoms with E-state index >= 15 is 0 Å². The molecule has 1 aromatic heterocycles. The van der Waals surface area contributed by atoms with Gasteiger partial charge < -0.3 is 14.4 Å². The molecule has 1 rings (SSSR count). The molecule has 0 aliphatic rings. The largest absolute Gasteiger partial charge is 0.477 e. The molecule has 1 heterocycles. The number of aryl methyl sites for hydroxylation is 1. The number of hydrogen-bond donors (Lipinski definition) is 2. The van der Waals surface area contributed by atoms with Crippen LogP contribution in [0.15, 0.2) is 17.2 Å². The Morgan fingerprint density at radius 3 is 2.38 bits per heavy atom. The summed E-state index contributed by atoms with van der Waals surface area (Å²) in [6.45, 7) is 4.70. The molecule has 0 amide bonds. The van der Waals surface area contributed by atoms with Crippen LogP contribution in [0.2, 0.25) is 0 Å². The Morgan fingerprint density at radius 1 is 1.43 bits per heavy atom. The first-order chi connectivity index (χ1) is 9.55. The van der Waals surface area contributed by atoms with Gasteiger partial charge in [0.15, 0.2) is 0 Å². The molecule has 0 bridgehead atoms. The average Bonchev–Trinajstić information content (AvgIpc) is 2.81. The summed E-state index contributed by atoms with van der Waals surface area (Å²) < 4.78 is 32.5. The Labute approximate surface area is 122 Å². The van der Waals surface area contributed by atoms with Crippen molar-refractivity contribution in [2.45, 2.75) is 37.8 Å². The van der Waals surface area contributed by atoms with Crippen molar-refractivity contribution in [3.63, 3.8) is 0 Å². The smallest absolute Gasteiger partial charge is 0.352 e. The summed E-state index contributed by atoms with van der Waals surface area (Å²) in [7, 11) is -2.91. The minimum atomic E-state index is -4.05. The van der Waals surface area contributed by atoms with Crippen LogP contribution in [0.4, 0.5) is 0 Å². The number of ether oxygens (including phenoxy) is 1. The van der Waals surface area contributed by atoms with Crippen LogP contribution in [-0.4, -0.2) is 42.7 Å². The second-order valence-electron chi connectivity index (χ2n) is 4.87. The molecule has 0 aromatic carbocycles. The molecular formula is C12H18N2O6S. The lowest BCUT2D eigenvalue weighted by Crippen LogP contribution is -2.50. The number of nitrogens with one attached hydrogen (secondary N) is 1. The lowest BCUT2D eigenvalue weighted by atomic mass is 10.1. The summed E-state index contributed by atoms with van der Waals surface area (Å²) in [6, 6.07) is 1.04. The van der Waals surface area contributed by atoms with Gasteiger partial charge in [-0.3, -0.25) is 4.79 Å². The van der Waals surface area contributed by atoms with Crippen molar-refractivity contribution in [1.82, 2.24) is 9.29 Å². The molecule has 0 saturated carbocycles. The van der Waals surface area contributed by atoms with E-state index in [-0.39, 0.29) is 10.6 Å². The van der Waals surface area contributed by atoms with Gasteiger partial charge in [-0.15, -0.1) is 0 Å². The van der Waals surface area contributed by atoms with Crippen LogP contribution in [0, 0.1) is 0 Å². The zero-order chi connectivity index (χ0) is 16.4. The number of carboxylic acids is 1. The highest BCUT2D eigenvalue weighted by atomic mass is 32.2. The van der Waals surface area contributed by atoms with Crippen molar-refractivity contribution >= 4 is 22.0 Å². The van der Waals surface area contributed by atoms with Crippen LogP contribution in [0.25, 0.3) is 0 Å². The summed E-state index contributed by atoms with van der Waals surface area (Å²) in [5.74, 6) is -1.98. The predicted molar refractivity (Wildman–Crippen MR) is 73.5 cm³/mol. The van der Waals surface area contributed by atoms with Crippen molar-refractivity contribution in [1.29, 1.82) is 0 Å². The van der Waals surface area contributed by atoms with Gasteiger partial charge in [0.2, 0.25) is 10.0 Å². The van der Waals surface area contributed by atoms with Gasteiger partial charge in [0.1, 0.15) is 16.1 Å². The van der Waals surface area contributed by atoms with Gasteiger partial charge in [-0.05, 0) is 26.8 Å². The fourth-order valence-corrected chi connectivity index (χ4v) is 3.17. The lowest BCUT2D eigenvalue weighted by Gasteiger charge is -2.22. The molecule has 9 heteroatoms. The number of carboxylic acid groups (broad SMARTS) is 1. The number of methoxy groups -OCH3 is 1. The normalized spacial score (nSPS) is 12.2. The molecule has 118 valence electrons. The van der Waals surface area contributed by atoms with Gasteiger partial charge in [0.05, 0.1) is 7.11 Å². The first-order valence-corrected chi connectivity index (χ1v) is 7.59. The van der Waals surface area contributed by atoms with E-state index in [1.54, 1.807) is 6.92 Å². The fourth-order valence-electron chi connectivity index (χ4n) is 1.76. The molecule has 1 aromatic rings. The van der Waals surface area contributed by atoms with Crippen molar-refractivity contribution < 1.29 is 27.9 Å². The second-order valence-corrected chi connectivity index (χ2v) is 6.56. The Kier molecular flexibility index (Phi) is 4.79. The van der Waals surface area contributed by atoms with E-state index in [9.17, 15) is 18.0 Å². The quantitative estimate of drug-likeness (QED) is 0.735. The maximum Gasteiger partial charge on any atom is 0.352 e. The third kappa shape index (κ3) is 3.61. The van der Waals surface area contributed by atoms with Crippen molar-refractivity contribution in [2.24, 2.45) is 0 Å². The highest BCUT2D eigenvalue weighted by Crippen LogP contribution is 2.18. The van der Waals surface area contributed by atoms with Gasteiger partial charge in [-0.25, -0.2) is 13.2 Å². The van der Waals surface area contributed by atoms with Gasteiger partial charge in [-0.1, -0.05) is 0 Å². The summed E-state index contributed by atoms with van der Waals surface area (Å²) in [5, 5.41) is 9.02. The Morgan fingerprint density at radius 2 is 2.00 bits per heavy atom. The topological polar surface area (TPSA) is 115 Å². The standard InChI is InChI=1S/C12H18N2O6S/c1-5-14-7-8(6-9(14)10(15)16)21(18,19)13-12(2,3)11(17)20-4/h6-7,13H,5H2,1-4H3,(H,15,16). The maximum atomic E-state index is 12.2. The molecule has 0 spiro atoms. The second kappa shape index (κ2) is 5.86. The predicted octanol–water partition coefficient (Wildman–Crippen LogP) is 0.436. The van der Waals surface area contributed by atoms with E-state index in [2.05, 4.69) is 9.46 Å². The number of aromatic carboxylic acids is 1. The number of carbonyl (C=O) groups is 2. The van der Waals surface area contributed by atoms with Gasteiger partial charge in [0, 0.05) is 12.7 Å². The average molecular weight is 318 g/mol. The van der Waals surface area contributed by atoms with Gasteiger partial charge >= 0.3 is 11.9 Å². The maximum absolute atomic E-state index is 12.2. The van der Waals surface area contributed by atoms with Crippen molar-refractivity contribution in [3.05, 3.63) is 18.0 Å². The minimum Gasteiger partial charge on any atom is -0.477 e. The zero-order valence-electron chi connectivity index (χ0n) is 12.2. The summed E-state index contributed by atoms with van der Waals surface area (Å²) in [4.78, 5) is 22.4. The Hall–Kier alpha value is -1.87. The number of nitrogens with zero attached hydrogens (tertiary/aromatic N) is 1. The van der Waals surface area contributed by atoms with Crippen LogP contribution in [0.5, 0.6) is 0 Å². The van der Waals surface area contributed by atoms with E-state index in [0.29, 0.717) is 6.54 Å². The van der Waals surface area contributed by atoms with Crippen LogP contribution >= 0.6 is 0 Å². The molecule has 21 heavy (non-hydrogen) atoms. The SMILES string of the molecule is CCn1cc(S(=O)(=O)NC(C)(C)C(=O)OC)cc1C(=O)O. The summed E-state index contributed by atoms with van der Waals surface area (Å²) in [5.41, 5.74) is -1.61. The number of sulfonamides is 1. The third-order valence-electron chi connectivity index (χ3n) is 2.83. The zero-order valence-corrected chi connectivity index (χ0v) is 13.0. The number of hydrogen-bond acceptors (Lipinski definition) is 5. The first-order valence-electron chi connectivity index (χ1n) is 6.11. The van der Waals surface area contributed by atoms with E-state index in [1.807, 2.05) is 0 Å². The number of aromatic nitrogens is 1. The molecular weight excluding hydrogens is 300 g/mol. The van der Waals surface area contributed by atoms with Crippen molar-refractivity contribution in [3.8, 4) is 0 Å². The highest BCUT2D eigenvalue weighted by molar-refractivity contribution is 7.89. The molecule has 0 atom stereocenters.